The van der Waals surface area contributed by atoms with Crippen LogP contribution in [-0.2, 0) is 6.54 Å². The standard InChI is InChI=1S/C20H21ClN4O2/c1-26-18-5-3-2-4-17(18)25-12-10-24(11-13-25)14-19-22-23-20(27-19)15-6-8-16(21)9-7-15/h2-9H,10-14H2,1H3. The van der Waals surface area contributed by atoms with Crippen molar-refractivity contribution in [2.45, 2.75) is 6.54 Å². The molecule has 0 amide bonds. The van der Waals surface area contributed by atoms with Crippen LogP contribution in [0.5, 0.6) is 5.75 Å². The van der Waals surface area contributed by atoms with Gasteiger partial charge in [-0.1, -0.05) is 23.7 Å². The quantitative estimate of drug-likeness (QED) is 0.668. The maximum atomic E-state index is 5.92. The van der Waals surface area contributed by atoms with Crippen LogP contribution in [0.25, 0.3) is 11.5 Å². The SMILES string of the molecule is COc1ccccc1N1CCN(Cc2nnc(-c3ccc(Cl)cc3)o2)CC1. The highest BCUT2D eigenvalue weighted by Gasteiger charge is 2.21. The normalized spacial score (nSPS) is 15.1. The molecule has 0 aliphatic carbocycles. The van der Waals surface area contributed by atoms with Gasteiger partial charge < -0.3 is 14.1 Å². The highest BCUT2D eigenvalue weighted by molar-refractivity contribution is 6.30. The molecule has 0 radical (unpaired) electrons. The summed E-state index contributed by atoms with van der Waals surface area (Å²) in [7, 11) is 1.71. The minimum Gasteiger partial charge on any atom is -0.495 e. The predicted molar refractivity (Wildman–Crippen MR) is 105 cm³/mol. The predicted octanol–water partition coefficient (Wildman–Crippen LogP) is 3.72. The minimum absolute atomic E-state index is 0.523. The molecule has 1 aromatic heterocycles. The highest BCUT2D eigenvalue weighted by Crippen LogP contribution is 2.28. The molecule has 3 aromatic rings. The van der Waals surface area contributed by atoms with Crippen molar-refractivity contribution in [1.82, 2.24) is 15.1 Å². The number of halogens is 1. The first-order valence-corrected chi connectivity index (χ1v) is 9.29. The fourth-order valence-electron chi connectivity index (χ4n) is 3.26. The number of anilines is 1. The van der Waals surface area contributed by atoms with E-state index < -0.39 is 0 Å². The van der Waals surface area contributed by atoms with Gasteiger partial charge in [0.25, 0.3) is 0 Å². The van der Waals surface area contributed by atoms with Gasteiger partial charge >= 0.3 is 0 Å². The molecular weight excluding hydrogens is 364 g/mol. The third-order valence-electron chi connectivity index (χ3n) is 4.72. The minimum atomic E-state index is 0.523. The summed E-state index contributed by atoms with van der Waals surface area (Å²) in [5.74, 6) is 2.07. The topological polar surface area (TPSA) is 54.6 Å². The van der Waals surface area contributed by atoms with Crippen LogP contribution >= 0.6 is 11.6 Å². The summed E-state index contributed by atoms with van der Waals surface area (Å²) in [6.07, 6.45) is 0. The molecule has 2 heterocycles. The first-order chi connectivity index (χ1) is 13.2. The van der Waals surface area contributed by atoms with Gasteiger partial charge in [0.1, 0.15) is 5.75 Å². The average molecular weight is 385 g/mol. The van der Waals surface area contributed by atoms with Crippen molar-refractivity contribution in [2.24, 2.45) is 0 Å². The third-order valence-corrected chi connectivity index (χ3v) is 4.97. The maximum absolute atomic E-state index is 5.92. The second-order valence-corrected chi connectivity index (χ2v) is 6.88. The van der Waals surface area contributed by atoms with Crippen molar-refractivity contribution >= 4 is 17.3 Å². The lowest BCUT2D eigenvalue weighted by atomic mass is 10.2. The summed E-state index contributed by atoms with van der Waals surface area (Å²) < 4.78 is 11.3. The smallest absolute Gasteiger partial charge is 0.247 e. The monoisotopic (exact) mass is 384 g/mol. The van der Waals surface area contributed by atoms with Crippen molar-refractivity contribution in [3.05, 3.63) is 59.4 Å². The fourth-order valence-corrected chi connectivity index (χ4v) is 3.38. The van der Waals surface area contributed by atoms with E-state index in [1.54, 1.807) is 7.11 Å². The van der Waals surface area contributed by atoms with Crippen molar-refractivity contribution in [1.29, 1.82) is 0 Å². The fraction of sp³-hybridized carbons (Fsp3) is 0.300. The Hall–Kier alpha value is -2.57. The Kier molecular flexibility index (Phi) is 5.27. The van der Waals surface area contributed by atoms with Gasteiger partial charge in [0.05, 0.1) is 19.3 Å². The summed E-state index contributed by atoms with van der Waals surface area (Å²) in [6.45, 7) is 4.37. The third kappa shape index (κ3) is 4.07. The lowest BCUT2D eigenvalue weighted by Crippen LogP contribution is -2.46. The molecule has 140 valence electrons. The summed E-state index contributed by atoms with van der Waals surface area (Å²) in [5.41, 5.74) is 2.02. The number of ether oxygens (including phenoxy) is 1. The van der Waals surface area contributed by atoms with Gasteiger partial charge in [0.15, 0.2) is 0 Å². The van der Waals surface area contributed by atoms with E-state index in [1.807, 2.05) is 42.5 Å². The Bertz CT molecular complexity index is 889. The van der Waals surface area contributed by atoms with Crippen molar-refractivity contribution < 1.29 is 9.15 Å². The number of benzene rings is 2. The summed E-state index contributed by atoms with van der Waals surface area (Å²) >= 11 is 5.92. The number of nitrogens with zero attached hydrogens (tertiary/aromatic N) is 4. The summed E-state index contributed by atoms with van der Waals surface area (Å²) in [6, 6.07) is 15.5. The number of hydrogen-bond donors (Lipinski definition) is 0. The Morgan fingerprint density at radius 3 is 2.48 bits per heavy atom. The second-order valence-electron chi connectivity index (χ2n) is 6.44. The summed E-state index contributed by atoms with van der Waals surface area (Å²) in [5, 5.41) is 9.03. The van der Waals surface area contributed by atoms with Crippen molar-refractivity contribution in [3.8, 4) is 17.2 Å². The molecule has 0 spiro atoms. The number of piperazine rings is 1. The van der Waals surface area contributed by atoms with Crippen LogP contribution in [0, 0.1) is 0 Å². The molecule has 0 unspecified atom stereocenters. The van der Waals surface area contributed by atoms with Crippen LogP contribution < -0.4 is 9.64 Å². The van der Waals surface area contributed by atoms with E-state index in [0.717, 1.165) is 43.2 Å². The van der Waals surface area contributed by atoms with Gasteiger partial charge in [-0.05, 0) is 36.4 Å². The molecule has 0 saturated carbocycles. The molecule has 1 fully saturated rings. The first-order valence-electron chi connectivity index (χ1n) is 8.91. The number of aromatic nitrogens is 2. The maximum Gasteiger partial charge on any atom is 0.247 e. The molecule has 1 saturated heterocycles. The van der Waals surface area contributed by atoms with E-state index in [4.69, 9.17) is 20.8 Å². The van der Waals surface area contributed by atoms with Gasteiger partial charge in [0, 0.05) is 36.8 Å². The van der Waals surface area contributed by atoms with E-state index in [-0.39, 0.29) is 0 Å². The van der Waals surface area contributed by atoms with Crippen molar-refractivity contribution in [2.75, 3.05) is 38.2 Å². The molecule has 1 aliphatic rings. The van der Waals surface area contributed by atoms with Crippen LogP contribution in [0.4, 0.5) is 5.69 Å². The molecule has 6 nitrogen and oxygen atoms in total. The van der Waals surface area contributed by atoms with E-state index in [1.165, 1.54) is 0 Å². The van der Waals surface area contributed by atoms with Gasteiger partial charge in [-0.3, -0.25) is 4.90 Å². The second kappa shape index (κ2) is 7.98. The van der Waals surface area contributed by atoms with Crippen LogP contribution in [0.2, 0.25) is 5.02 Å². The largest absolute Gasteiger partial charge is 0.495 e. The summed E-state index contributed by atoms with van der Waals surface area (Å²) in [4.78, 5) is 4.67. The van der Waals surface area contributed by atoms with Crippen LogP contribution in [0.1, 0.15) is 5.89 Å². The molecule has 4 rings (SSSR count). The first kappa shape index (κ1) is 17.8. The molecule has 0 N–H and O–H groups in total. The van der Waals surface area contributed by atoms with Gasteiger partial charge in [-0.25, -0.2) is 0 Å². The molecule has 0 bridgehead atoms. The van der Waals surface area contributed by atoms with Gasteiger partial charge in [0.2, 0.25) is 11.8 Å². The van der Waals surface area contributed by atoms with Crippen LogP contribution in [0.15, 0.2) is 52.9 Å². The Morgan fingerprint density at radius 2 is 1.74 bits per heavy atom. The zero-order chi connectivity index (χ0) is 18.6. The van der Waals surface area contributed by atoms with Gasteiger partial charge in [-0.2, -0.15) is 0 Å². The van der Waals surface area contributed by atoms with E-state index in [9.17, 15) is 0 Å². The number of para-hydroxylation sites is 2. The lowest BCUT2D eigenvalue weighted by molar-refractivity contribution is 0.226. The van der Waals surface area contributed by atoms with Crippen molar-refractivity contribution in [3.63, 3.8) is 0 Å². The Morgan fingerprint density at radius 1 is 1.00 bits per heavy atom. The molecule has 0 atom stereocenters. The zero-order valence-corrected chi connectivity index (χ0v) is 15.9. The van der Waals surface area contributed by atoms with E-state index >= 15 is 0 Å². The highest BCUT2D eigenvalue weighted by atomic mass is 35.5. The zero-order valence-electron chi connectivity index (χ0n) is 15.1. The average Bonchev–Trinajstić information content (AvgIpc) is 3.17. The number of rotatable bonds is 5. The number of hydrogen-bond acceptors (Lipinski definition) is 6. The van der Waals surface area contributed by atoms with Gasteiger partial charge in [-0.15, -0.1) is 10.2 Å². The Balaban J connectivity index is 1.36. The van der Waals surface area contributed by atoms with E-state index in [0.29, 0.717) is 23.3 Å². The van der Waals surface area contributed by atoms with Crippen LogP contribution in [-0.4, -0.2) is 48.4 Å². The van der Waals surface area contributed by atoms with E-state index in [2.05, 4.69) is 26.1 Å². The molecular formula is C20H21ClN4O2. The number of methoxy groups -OCH3 is 1. The molecule has 7 heteroatoms. The Labute approximate surface area is 163 Å². The van der Waals surface area contributed by atoms with Crippen LogP contribution in [0.3, 0.4) is 0 Å². The molecule has 1 aliphatic heterocycles. The molecule has 27 heavy (non-hydrogen) atoms. The molecule has 2 aromatic carbocycles. The lowest BCUT2D eigenvalue weighted by Gasteiger charge is -2.35.